The van der Waals surface area contributed by atoms with Crippen LogP contribution in [0.1, 0.15) is 11.1 Å². The molecule has 0 unspecified atom stereocenters. The van der Waals surface area contributed by atoms with Gasteiger partial charge in [0.1, 0.15) is 11.8 Å². The standard InChI is InChI=1S/C18H14Cl2N2O4/c1-11-6-14(4-5-15(11)19)25-10-18(24)26-9-17(23)22-13-3-2-12(8-21)16(20)7-13/h2-7H,9-10H2,1H3,(H,22,23). The minimum Gasteiger partial charge on any atom is -0.482 e. The van der Waals surface area contributed by atoms with Gasteiger partial charge < -0.3 is 14.8 Å². The summed E-state index contributed by atoms with van der Waals surface area (Å²) >= 11 is 11.8. The number of nitrogens with zero attached hydrogens (tertiary/aromatic N) is 1. The first-order chi connectivity index (χ1) is 12.4. The van der Waals surface area contributed by atoms with Gasteiger partial charge in [-0.15, -0.1) is 0 Å². The van der Waals surface area contributed by atoms with Gasteiger partial charge in [0, 0.05) is 10.7 Å². The quantitative estimate of drug-likeness (QED) is 0.756. The molecule has 0 heterocycles. The number of carbonyl (C=O) groups is 2. The Morgan fingerprint density at radius 3 is 2.54 bits per heavy atom. The number of ether oxygens (including phenoxy) is 2. The topological polar surface area (TPSA) is 88.4 Å². The maximum atomic E-state index is 11.8. The molecule has 0 aliphatic carbocycles. The summed E-state index contributed by atoms with van der Waals surface area (Å²) in [7, 11) is 0. The zero-order chi connectivity index (χ0) is 19.1. The van der Waals surface area contributed by atoms with Crippen LogP contribution in [0.3, 0.4) is 0 Å². The van der Waals surface area contributed by atoms with E-state index >= 15 is 0 Å². The zero-order valence-electron chi connectivity index (χ0n) is 13.7. The molecule has 8 heteroatoms. The van der Waals surface area contributed by atoms with Crippen molar-refractivity contribution in [1.82, 2.24) is 0 Å². The van der Waals surface area contributed by atoms with Gasteiger partial charge in [0.25, 0.3) is 5.91 Å². The smallest absolute Gasteiger partial charge is 0.344 e. The van der Waals surface area contributed by atoms with Crippen molar-refractivity contribution in [1.29, 1.82) is 5.26 Å². The van der Waals surface area contributed by atoms with E-state index in [1.807, 2.05) is 13.0 Å². The summed E-state index contributed by atoms with van der Waals surface area (Å²) in [5, 5.41) is 12.1. The molecule has 0 radical (unpaired) electrons. The molecule has 1 N–H and O–H groups in total. The second-order valence-corrected chi connectivity index (χ2v) is 6.03. The van der Waals surface area contributed by atoms with Crippen molar-refractivity contribution in [3.8, 4) is 11.8 Å². The number of nitriles is 1. The third kappa shape index (κ3) is 5.66. The summed E-state index contributed by atoms with van der Waals surface area (Å²) in [6.07, 6.45) is 0. The van der Waals surface area contributed by atoms with Crippen molar-refractivity contribution in [3.05, 3.63) is 57.6 Å². The Morgan fingerprint density at radius 1 is 1.12 bits per heavy atom. The second kappa shape index (κ2) is 9.09. The number of halogens is 2. The summed E-state index contributed by atoms with van der Waals surface area (Å²) in [6, 6.07) is 11.3. The fraction of sp³-hybridized carbons (Fsp3) is 0.167. The SMILES string of the molecule is Cc1cc(OCC(=O)OCC(=O)Nc2ccc(C#N)c(Cl)c2)ccc1Cl. The van der Waals surface area contributed by atoms with Gasteiger partial charge in [-0.3, -0.25) is 4.79 Å². The minimum atomic E-state index is -0.689. The zero-order valence-corrected chi connectivity index (χ0v) is 15.2. The molecule has 134 valence electrons. The number of carbonyl (C=O) groups excluding carboxylic acids is 2. The number of aryl methyl sites for hydroxylation is 1. The fourth-order valence-electron chi connectivity index (χ4n) is 1.92. The first kappa shape index (κ1) is 19.6. The van der Waals surface area contributed by atoms with Crippen molar-refractivity contribution in [3.63, 3.8) is 0 Å². The van der Waals surface area contributed by atoms with Gasteiger partial charge in [0.05, 0.1) is 10.6 Å². The van der Waals surface area contributed by atoms with Crippen LogP contribution >= 0.6 is 23.2 Å². The number of hydrogen-bond acceptors (Lipinski definition) is 5. The molecule has 0 atom stereocenters. The molecule has 0 bridgehead atoms. The lowest BCUT2D eigenvalue weighted by Crippen LogP contribution is -2.23. The largest absolute Gasteiger partial charge is 0.482 e. The van der Waals surface area contributed by atoms with Gasteiger partial charge in [-0.1, -0.05) is 23.2 Å². The van der Waals surface area contributed by atoms with E-state index in [1.54, 1.807) is 18.2 Å². The summed E-state index contributed by atoms with van der Waals surface area (Å²) < 4.78 is 10.1. The number of rotatable bonds is 6. The predicted octanol–water partition coefficient (Wildman–Crippen LogP) is 3.73. The van der Waals surface area contributed by atoms with Crippen LogP contribution in [0.2, 0.25) is 10.0 Å². The van der Waals surface area contributed by atoms with Crippen molar-refractivity contribution < 1.29 is 19.1 Å². The molecule has 2 aromatic rings. The number of benzene rings is 2. The van der Waals surface area contributed by atoms with E-state index in [4.69, 9.17) is 37.9 Å². The molecular weight excluding hydrogens is 379 g/mol. The number of anilines is 1. The number of esters is 1. The van der Waals surface area contributed by atoms with Crippen LogP contribution in [-0.4, -0.2) is 25.1 Å². The number of amides is 1. The van der Waals surface area contributed by atoms with E-state index in [2.05, 4.69) is 5.32 Å². The van der Waals surface area contributed by atoms with Crippen molar-refractivity contribution in [2.24, 2.45) is 0 Å². The summed E-state index contributed by atoms with van der Waals surface area (Å²) in [5.41, 5.74) is 1.51. The second-order valence-electron chi connectivity index (χ2n) is 5.21. The Kier molecular flexibility index (Phi) is 6.84. The van der Waals surface area contributed by atoms with Gasteiger partial charge >= 0.3 is 5.97 Å². The van der Waals surface area contributed by atoms with Gasteiger partial charge in [0.15, 0.2) is 13.2 Å². The molecule has 2 aromatic carbocycles. The molecule has 6 nitrogen and oxygen atoms in total. The lowest BCUT2D eigenvalue weighted by molar-refractivity contribution is -0.149. The highest BCUT2D eigenvalue weighted by Crippen LogP contribution is 2.21. The summed E-state index contributed by atoms with van der Waals surface area (Å²) in [6.45, 7) is 1.00. The highest BCUT2D eigenvalue weighted by molar-refractivity contribution is 6.32. The van der Waals surface area contributed by atoms with E-state index in [0.29, 0.717) is 22.0 Å². The molecule has 1 amide bonds. The van der Waals surface area contributed by atoms with E-state index in [1.165, 1.54) is 18.2 Å². The number of hydrogen-bond donors (Lipinski definition) is 1. The van der Waals surface area contributed by atoms with E-state index in [9.17, 15) is 9.59 Å². The third-order valence-electron chi connectivity index (χ3n) is 3.22. The average molecular weight is 393 g/mol. The average Bonchev–Trinajstić information content (AvgIpc) is 2.61. The van der Waals surface area contributed by atoms with E-state index < -0.39 is 18.5 Å². The molecule has 0 aliphatic heterocycles. The Bertz CT molecular complexity index is 878. The lowest BCUT2D eigenvalue weighted by Gasteiger charge is -2.09. The molecular formula is C18H14Cl2N2O4. The lowest BCUT2D eigenvalue weighted by atomic mass is 10.2. The first-order valence-corrected chi connectivity index (χ1v) is 8.18. The monoisotopic (exact) mass is 392 g/mol. The molecule has 26 heavy (non-hydrogen) atoms. The Morgan fingerprint density at radius 2 is 1.88 bits per heavy atom. The van der Waals surface area contributed by atoms with Crippen molar-refractivity contribution >= 4 is 40.8 Å². The van der Waals surface area contributed by atoms with Crippen LogP contribution in [0.5, 0.6) is 5.75 Å². The van der Waals surface area contributed by atoms with Crippen LogP contribution in [0.25, 0.3) is 0 Å². The molecule has 0 saturated heterocycles. The van der Waals surface area contributed by atoms with Crippen LogP contribution in [0.15, 0.2) is 36.4 Å². The van der Waals surface area contributed by atoms with E-state index in [-0.39, 0.29) is 11.6 Å². The Hall–Kier alpha value is -2.75. The van der Waals surface area contributed by atoms with Crippen molar-refractivity contribution in [2.45, 2.75) is 6.92 Å². The van der Waals surface area contributed by atoms with Gasteiger partial charge in [-0.2, -0.15) is 5.26 Å². The normalized spacial score (nSPS) is 9.92. The maximum Gasteiger partial charge on any atom is 0.344 e. The van der Waals surface area contributed by atoms with Crippen LogP contribution in [-0.2, 0) is 14.3 Å². The molecule has 0 aliphatic rings. The van der Waals surface area contributed by atoms with Crippen LogP contribution < -0.4 is 10.1 Å². The van der Waals surface area contributed by atoms with Crippen LogP contribution in [0, 0.1) is 18.3 Å². The maximum absolute atomic E-state index is 11.8. The van der Waals surface area contributed by atoms with Crippen molar-refractivity contribution in [2.75, 3.05) is 18.5 Å². The van der Waals surface area contributed by atoms with Gasteiger partial charge in [0.2, 0.25) is 0 Å². The van der Waals surface area contributed by atoms with Gasteiger partial charge in [-0.25, -0.2) is 4.79 Å². The fourth-order valence-corrected chi connectivity index (χ4v) is 2.26. The predicted molar refractivity (Wildman–Crippen MR) is 97.4 cm³/mol. The molecule has 0 saturated carbocycles. The van der Waals surface area contributed by atoms with Gasteiger partial charge in [-0.05, 0) is 48.9 Å². The summed E-state index contributed by atoms with van der Waals surface area (Å²) in [5.74, 6) is -0.757. The highest BCUT2D eigenvalue weighted by atomic mass is 35.5. The first-order valence-electron chi connectivity index (χ1n) is 7.43. The third-order valence-corrected chi connectivity index (χ3v) is 3.96. The highest BCUT2D eigenvalue weighted by Gasteiger charge is 2.10. The molecule has 0 fully saturated rings. The molecule has 0 aromatic heterocycles. The summed E-state index contributed by atoms with van der Waals surface area (Å²) in [4.78, 5) is 23.4. The minimum absolute atomic E-state index is 0.217. The van der Waals surface area contributed by atoms with Crippen LogP contribution in [0.4, 0.5) is 5.69 Å². The molecule has 2 rings (SSSR count). The number of nitrogens with one attached hydrogen (secondary N) is 1. The molecule has 0 spiro atoms. The Labute approximate surface area is 160 Å². The Balaban J connectivity index is 1.77. The van der Waals surface area contributed by atoms with E-state index in [0.717, 1.165) is 5.56 Å².